The van der Waals surface area contributed by atoms with E-state index in [9.17, 15) is 0 Å². The van der Waals surface area contributed by atoms with Crippen LogP contribution in [-0.4, -0.2) is 89.7 Å². The average Bonchev–Trinajstić information content (AvgIpc) is 0.746. The van der Waals surface area contributed by atoms with Crippen LogP contribution in [0.5, 0.6) is 0 Å². The fourth-order valence-electron chi connectivity index (χ4n) is 16.5. The quantitative estimate of drug-likeness (QED) is 0.103. The number of benzene rings is 12. The summed E-state index contributed by atoms with van der Waals surface area (Å²) < 4.78 is 0. The van der Waals surface area contributed by atoms with Crippen LogP contribution in [0.25, 0.3) is 234 Å². The Morgan fingerprint density at radius 1 is 0.151 bits per heavy atom. The van der Waals surface area contributed by atoms with Gasteiger partial charge in [0.1, 0.15) is 11.4 Å². The molecule has 0 radical (unpaired) electrons. The first-order valence-electron chi connectivity index (χ1n) is 41.1. The Bertz CT molecular complexity index is 7300. The van der Waals surface area contributed by atoms with Crippen molar-refractivity contribution in [3.8, 4) is 137 Å². The predicted octanol–water partition coefficient (Wildman–Crippen LogP) is 24.6. The summed E-state index contributed by atoms with van der Waals surface area (Å²) in [6, 6.07) is 115. The van der Waals surface area contributed by atoms with E-state index in [1.54, 1.807) is 62.0 Å². The van der Waals surface area contributed by atoms with Gasteiger partial charge in [0.05, 0.1) is 33.6 Å². The lowest BCUT2D eigenvalue weighted by atomic mass is 9.95. The Morgan fingerprint density at radius 3 is 0.770 bits per heavy atom. The maximum Gasteiger partial charge on any atom is 0.182 e. The molecule has 0 amide bonds. The second kappa shape index (κ2) is 32.8. The highest BCUT2D eigenvalue weighted by molar-refractivity contribution is 6.25. The number of fused-ring (bicyclic) bond motifs is 15. The first-order valence-corrected chi connectivity index (χ1v) is 41.1. The SMILES string of the molecule is c1ccc(-c2nc(-c3cccc(-c4nc5ccccc5c5c4ccc4ccccc45)c3)nc(-c3ccccn3)n2)nc1.c1cncc(-c2nc(-c3cccnc3)nc(-c3cccc(-c4nc5ccccc5c5c4ccc4ccccc45)c3)n2)c1.c1cncc(-c2nc(-c3ccncc3)nc(-c3cccc(-c4nc5ccccc5c5c4ccc4ccccc45)c3)n2)c1. The molecule has 12 aromatic heterocycles. The van der Waals surface area contributed by atoms with Gasteiger partial charge in [-0.1, -0.05) is 231 Å². The van der Waals surface area contributed by atoms with E-state index in [1.807, 2.05) is 140 Å². The third-order valence-corrected chi connectivity index (χ3v) is 22.3. The first-order chi connectivity index (χ1) is 62.4. The maximum atomic E-state index is 5.18. The smallest absolute Gasteiger partial charge is 0.182 e. The second-order valence-corrected chi connectivity index (χ2v) is 30.1. The minimum Gasteiger partial charge on any atom is -0.265 e. The van der Waals surface area contributed by atoms with Crippen LogP contribution < -0.4 is 0 Å². The van der Waals surface area contributed by atoms with E-state index in [0.717, 1.165) is 122 Å². The highest BCUT2D eigenvalue weighted by atomic mass is 15.1. The van der Waals surface area contributed by atoms with Crippen molar-refractivity contribution in [2.75, 3.05) is 0 Å². The van der Waals surface area contributed by atoms with E-state index in [0.29, 0.717) is 63.8 Å². The lowest BCUT2D eigenvalue weighted by molar-refractivity contribution is 1.05. The first kappa shape index (κ1) is 74.6. The van der Waals surface area contributed by atoms with Gasteiger partial charge in [-0.25, -0.2) is 59.8 Å². The fraction of sp³-hybridized carbons (Fsp3) is 0. The number of hydrogen-bond donors (Lipinski definition) is 0. The summed E-state index contributed by atoms with van der Waals surface area (Å²) in [4.78, 5) is 85.0. The van der Waals surface area contributed by atoms with Gasteiger partial charge < -0.3 is 0 Å². The van der Waals surface area contributed by atoms with Crippen molar-refractivity contribution in [1.29, 1.82) is 0 Å². The molecule has 0 spiro atoms. The molecule has 0 unspecified atom stereocenters. The molecule has 0 aliphatic heterocycles. The normalized spacial score (nSPS) is 11.3. The van der Waals surface area contributed by atoms with E-state index in [1.165, 1.54) is 48.5 Å². The van der Waals surface area contributed by atoms with Gasteiger partial charge in [-0.2, -0.15) is 0 Å². The minimum atomic E-state index is 0.493. The van der Waals surface area contributed by atoms with E-state index in [4.69, 9.17) is 59.8 Å². The van der Waals surface area contributed by atoms with Gasteiger partial charge in [0.25, 0.3) is 0 Å². The van der Waals surface area contributed by atoms with Crippen LogP contribution in [0.4, 0.5) is 0 Å². The zero-order chi connectivity index (χ0) is 83.6. The summed E-state index contributed by atoms with van der Waals surface area (Å²) in [5.74, 6) is 4.92. The van der Waals surface area contributed by atoms with Crippen molar-refractivity contribution in [1.82, 2.24) is 89.7 Å². The molecular weight excluding hydrogens is 1550 g/mol. The Kier molecular flexibility index (Phi) is 19.4. The number of aromatic nitrogens is 18. The monoisotopic (exact) mass is 1610 g/mol. The number of pyridine rings is 9. The Morgan fingerprint density at radius 2 is 0.437 bits per heavy atom. The molecular formula is C108H66N18. The van der Waals surface area contributed by atoms with Crippen molar-refractivity contribution in [2.24, 2.45) is 0 Å². The molecule has 0 saturated heterocycles. The van der Waals surface area contributed by atoms with Gasteiger partial charge in [0, 0.05) is 166 Å². The van der Waals surface area contributed by atoms with Crippen molar-refractivity contribution in [3.63, 3.8) is 0 Å². The van der Waals surface area contributed by atoms with Gasteiger partial charge in [-0.05, 0) is 142 Å². The van der Waals surface area contributed by atoms with Crippen LogP contribution in [0.15, 0.2) is 402 Å². The van der Waals surface area contributed by atoms with Crippen LogP contribution in [0, 0.1) is 0 Å². The highest BCUT2D eigenvalue weighted by Crippen LogP contribution is 2.43. The van der Waals surface area contributed by atoms with E-state index in [2.05, 4.69) is 230 Å². The third kappa shape index (κ3) is 14.5. The van der Waals surface area contributed by atoms with Crippen LogP contribution in [0.1, 0.15) is 0 Å². The standard InChI is InChI=1S/3C36H22N6/c1-2-13-28-23(8-1)16-17-30-32(28)29-14-3-4-15-31(29)39-33(30)24-9-5-10-25(20-24)34-40-35(26-11-6-18-37-21-26)42-36(41-34)27-12-7-19-38-22-27;1-2-13-26-23(10-1)18-19-28-32(26)27-14-3-4-15-29(27)39-33(28)24-11-9-12-25(22-24)34-40-35(30-16-5-7-20-37-30)42-36(41-34)31-17-6-8-21-38-31;1-2-11-28-23(7-1)14-15-30-32(28)29-12-3-4-13-31(29)39-33(30)25-8-5-9-26(21-25)35-40-34(24-16-19-37-20-17-24)41-36(42-35)27-10-6-18-38-22-27/h3*1-22H. The van der Waals surface area contributed by atoms with Crippen molar-refractivity contribution >= 4 is 97.3 Å². The van der Waals surface area contributed by atoms with Crippen molar-refractivity contribution in [3.05, 3.63) is 402 Å². The highest BCUT2D eigenvalue weighted by Gasteiger charge is 2.23. The summed E-state index contributed by atoms with van der Waals surface area (Å²) in [6.45, 7) is 0. The van der Waals surface area contributed by atoms with Crippen molar-refractivity contribution < 1.29 is 0 Å². The van der Waals surface area contributed by atoms with Gasteiger partial charge in [0.15, 0.2) is 52.4 Å². The molecule has 12 aromatic carbocycles. The third-order valence-electron chi connectivity index (χ3n) is 22.3. The molecule has 0 saturated carbocycles. The number of para-hydroxylation sites is 3. The number of hydrogen-bond acceptors (Lipinski definition) is 18. The molecule has 126 heavy (non-hydrogen) atoms. The minimum absolute atomic E-state index is 0.493. The largest absolute Gasteiger partial charge is 0.265 e. The molecule has 0 fully saturated rings. The Balaban J connectivity index is 0.000000112. The second-order valence-electron chi connectivity index (χ2n) is 30.1. The Labute approximate surface area is 720 Å². The molecule has 24 aromatic rings. The van der Waals surface area contributed by atoms with Crippen LogP contribution >= 0.6 is 0 Å². The lowest BCUT2D eigenvalue weighted by Crippen LogP contribution is -2.02. The van der Waals surface area contributed by atoms with Gasteiger partial charge in [0.2, 0.25) is 0 Å². The van der Waals surface area contributed by atoms with E-state index >= 15 is 0 Å². The van der Waals surface area contributed by atoms with E-state index in [-0.39, 0.29) is 0 Å². The summed E-state index contributed by atoms with van der Waals surface area (Å²) in [5.41, 5.74) is 15.9. The lowest BCUT2D eigenvalue weighted by Gasteiger charge is -2.13. The zero-order valence-electron chi connectivity index (χ0n) is 67.2. The topological polar surface area (TPSA) is 232 Å². The summed E-state index contributed by atoms with van der Waals surface area (Å²) in [7, 11) is 0. The fourth-order valence-corrected chi connectivity index (χ4v) is 16.5. The molecule has 0 bridgehead atoms. The number of rotatable bonds is 12. The molecule has 18 heteroatoms. The van der Waals surface area contributed by atoms with Crippen LogP contribution in [0.3, 0.4) is 0 Å². The molecule has 12 heterocycles. The van der Waals surface area contributed by atoms with Crippen LogP contribution in [-0.2, 0) is 0 Å². The zero-order valence-corrected chi connectivity index (χ0v) is 67.2. The summed E-state index contributed by atoms with van der Waals surface area (Å²) >= 11 is 0. The van der Waals surface area contributed by atoms with Gasteiger partial charge in [-0.15, -0.1) is 0 Å². The summed E-state index contributed by atoms with van der Waals surface area (Å²) in [5, 5.41) is 17.6. The molecule has 18 nitrogen and oxygen atoms in total. The molecule has 0 atom stereocenters. The summed E-state index contributed by atoms with van der Waals surface area (Å²) in [6.07, 6.45) is 17.5. The number of nitrogens with zero attached hydrogens (tertiary/aromatic N) is 18. The Hall–Kier alpha value is -17.6. The average molecular weight is 1620 g/mol. The van der Waals surface area contributed by atoms with Gasteiger partial charge >= 0.3 is 0 Å². The maximum absolute atomic E-state index is 5.18. The molecule has 0 aliphatic carbocycles. The predicted molar refractivity (Wildman–Crippen MR) is 502 cm³/mol. The van der Waals surface area contributed by atoms with E-state index < -0.39 is 0 Å². The van der Waals surface area contributed by atoms with Gasteiger partial charge in [-0.3, -0.25) is 29.9 Å². The molecule has 0 aliphatic rings. The molecule has 0 N–H and O–H groups in total. The van der Waals surface area contributed by atoms with Crippen molar-refractivity contribution in [2.45, 2.75) is 0 Å². The molecule has 24 rings (SSSR count). The van der Waals surface area contributed by atoms with Crippen LogP contribution in [0.2, 0.25) is 0 Å². The molecule has 588 valence electrons.